The van der Waals surface area contributed by atoms with E-state index in [1.807, 2.05) is 44.2 Å². The van der Waals surface area contributed by atoms with Crippen LogP contribution in [0.1, 0.15) is 34.1 Å². The first-order valence-corrected chi connectivity index (χ1v) is 7.21. The molecule has 0 fully saturated rings. The zero-order chi connectivity index (χ0) is 17.2. The Morgan fingerprint density at radius 2 is 1.55 bits per heavy atom. The molecule has 0 heterocycles. The predicted molar refractivity (Wildman–Crippen MR) is 85.3 cm³/mol. The maximum atomic E-state index is 10.2. The Morgan fingerprint density at radius 1 is 1.05 bits per heavy atom. The third-order valence-corrected chi connectivity index (χ3v) is 3.18. The molecule has 1 aromatic carbocycles. The monoisotopic (exact) mass is 314 g/mol. The van der Waals surface area contributed by atoms with Crippen LogP contribution in [-0.4, -0.2) is 51.9 Å². The van der Waals surface area contributed by atoms with E-state index in [0.717, 1.165) is 12.2 Å². The lowest BCUT2D eigenvalue weighted by molar-refractivity contribution is -0.173. The Labute approximate surface area is 132 Å². The molecule has 0 radical (unpaired) electrons. The van der Waals surface area contributed by atoms with Gasteiger partial charge in [0.05, 0.1) is 5.60 Å². The van der Waals surface area contributed by atoms with Crippen molar-refractivity contribution in [1.29, 1.82) is 0 Å². The highest BCUT2D eigenvalue weighted by Gasteiger charge is 2.41. The topological polar surface area (TPSA) is 99.4 Å². The quantitative estimate of drug-likeness (QED) is 0.560. The molecule has 7 heteroatoms. The first-order valence-electron chi connectivity index (χ1n) is 7.21. The van der Waals surface area contributed by atoms with Crippen molar-refractivity contribution in [2.24, 2.45) is 0 Å². The summed E-state index contributed by atoms with van der Waals surface area (Å²) in [7, 11) is -2.17. The van der Waals surface area contributed by atoms with Gasteiger partial charge in [0.25, 0.3) is 0 Å². The molecule has 0 saturated carbocycles. The van der Waals surface area contributed by atoms with Crippen LogP contribution in [0.15, 0.2) is 30.3 Å². The lowest BCUT2D eigenvalue weighted by Crippen LogP contribution is -2.54. The van der Waals surface area contributed by atoms with Crippen molar-refractivity contribution < 1.29 is 29.7 Å². The van der Waals surface area contributed by atoms with Crippen LogP contribution in [0, 0.1) is 0 Å². The number of para-hydroxylation sites is 1. The first-order chi connectivity index (χ1) is 10.1. The molecule has 4 N–H and O–H groups in total. The molecule has 22 heavy (non-hydrogen) atoms. The van der Waals surface area contributed by atoms with Crippen molar-refractivity contribution in [1.82, 2.24) is 0 Å². The fraction of sp³-hybridized carbons (Fsp3) is 0.600. The molecule has 0 bridgehead atoms. The smallest absolute Gasteiger partial charge is 0.490 e. The molecular formula is C15H27BO6. The summed E-state index contributed by atoms with van der Waals surface area (Å²) in [6.07, 6.45) is 0.914. The van der Waals surface area contributed by atoms with E-state index >= 15 is 0 Å². The van der Waals surface area contributed by atoms with Gasteiger partial charge < -0.3 is 29.7 Å². The molecule has 6 nitrogen and oxygen atoms in total. The summed E-state index contributed by atoms with van der Waals surface area (Å²) < 4.78 is 11.5. The van der Waals surface area contributed by atoms with Gasteiger partial charge in [-0.15, -0.1) is 0 Å². The number of hydrogen-bond donors (Lipinski definition) is 4. The van der Waals surface area contributed by atoms with E-state index in [1.165, 1.54) is 0 Å². The van der Waals surface area contributed by atoms with Crippen molar-refractivity contribution in [2.45, 2.75) is 45.3 Å². The second-order valence-corrected chi connectivity index (χ2v) is 5.59. The first kappa shape index (κ1) is 20.9. The van der Waals surface area contributed by atoms with Crippen LogP contribution in [0.4, 0.5) is 0 Å². The summed E-state index contributed by atoms with van der Waals surface area (Å²) >= 11 is 0. The minimum atomic E-state index is -2.17. The molecule has 1 unspecified atom stereocenters. The average molecular weight is 314 g/mol. The van der Waals surface area contributed by atoms with Crippen molar-refractivity contribution in [3.8, 4) is 5.75 Å². The van der Waals surface area contributed by atoms with E-state index in [-0.39, 0.29) is 0 Å². The highest BCUT2D eigenvalue weighted by atomic mass is 16.6. The summed E-state index contributed by atoms with van der Waals surface area (Å²) in [6.45, 7) is 8.35. The van der Waals surface area contributed by atoms with Crippen LogP contribution < -0.4 is 4.74 Å². The number of ether oxygens (including phenoxy) is 2. The molecule has 1 aromatic rings. The van der Waals surface area contributed by atoms with Gasteiger partial charge >= 0.3 is 7.32 Å². The molecule has 0 aromatic heterocycles. The molecule has 0 aliphatic rings. The number of hydrogen-bond acceptors (Lipinski definition) is 6. The van der Waals surface area contributed by atoms with E-state index in [1.54, 1.807) is 13.8 Å². The van der Waals surface area contributed by atoms with Crippen LogP contribution in [0.2, 0.25) is 0 Å². The van der Waals surface area contributed by atoms with E-state index in [9.17, 15) is 5.11 Å². The van der Waals surface area contributed by atoms with Gasteiger partial charge in [0.2, 0.25) is 0 Å². The Kier molecular flexibility index (Phi) is 9.31. The van der Waals surface area contributed by atoms with Gasteiger partial charge in [-0.05, 0) is 39.3 Å². The van der Waals surface area contributed by atoms with Gasteiger partial charge in [-0.1, -0.05) is 25.1 Å². The largest absolute Gasteiger partial charge is 0.631 e. The Balaban J connectivity index is 0.000000980. The molecular weight excluding hydrogens is 287 g/mol. The molecule has 1 atom stereocenters. The standard InChI is InChI=1S/C15H24O3.BH3O3/c1-5-11-18-15(4,14(2,3)16)12-17-13-9-7-6-8-10-13;2-1(3)4/h6-10,16H,5,11-12H2,1-4H3;2-4H. The normalized spacial score (nSPS) is 13.6. The van der Waals surface area contributed by atoms with E-state index < -0.39 is 18.5 Å². The SMILES string of the molecule is CCCOC(C)(COc1ccccc1)C(C)(C)O.OB(O)O. The lowest BCUT2D eigenvalue weighted by atomic mass is 9.88. The van der Waals surface area contributed by atoms with Crippen LogP contribution >= 0.6 is 0 Å². The second kappa shape index (κ2) is 9.81. The third-order valence-electron chi connectivity index (χ3n) is 3.18. The average Bonchev–Trinajstić information content (AvgIpc) is 2.42. The highest BCUT2D eigenvalue weighted by Crippen LogP contribution is 2.27. The minimum Gasteiger partial charge on any atom is -0.490 e. The van der Waals surface area contributed by atoms with Crippen molar-refractivity contribution >= 4 is 7.32 Å². The summed E-state index contributed by atoms with van der Waals surface area (Å²) in [6, 6.07) is 9.57. The van der Waals surface area contributed by atoms with Gasteiger partial charge in [0, 0.05) is 6.61 Å². The Hall–Kier alpha value is -1.12. The van der Waals surface area contributed by atoms with Gasteiger partial charge in [-0.2, -0.15) is 0 Å². The van der Waals surface area contributed by atoms with Crippen molar-refractivity contribution in [3.63, 3.8) is 0 Å². The van der Waals surface area contributed by atoms with Gasteiger partial charge in [-0.3, -0.25) is 0 Å². The molecule has 1 rings (SSSR count). The Bertz CT molecular complexity index is 390. The number of benzene rings is 1. The lowest BCUT2D eigenvalue weighted by Gasteiger charge is -2.39. The maximum absolute atomic E-state index is 10.2. The van der Waals surface area contributed by atoms with Gasteiger partial charge in [-0.25, -0.2) is 0 Å². The van der Waals surface area contributed by atoms with Crippen LogP contribution in [-0.2, 0) is 4.74 Å². The minimum absolute atomic E-state index is 0.320. The second-order valence-electron chi connectivity index (χ2n) is 5.59. The highest BCUT2D eigenvalue weighted by molar-refractivity contribution is 6.30. The summed E-state index contributed by atoms with van der Waals surface area (Å²) in [5, 5.41) is 31.7. The van der Waals surface area contributed by atoms with Crippen LogP contribution in [0.5, 0.6) is 5.75 Å². The molecule has 126 valence electrons. The zero-order valence-corrected chi connectivity index (χ0v) is 13.7. The fourth-order valence-corrected chi connectivity index (χ4v) is 1.46. The Morgan fingerprint density at radius 3 is 1.95 bits per heavy atom. The fourth-order valence-electron chi connectivity index (χ4n) is 1.46. The molecule has 0 saturated heterocycles. The number of aliphatic hydroxyl groups is 1. The van der Waals surface area contributed by atoms with Crippen molar-refractivity contribution in [2.75, 3.05) is 13.2 Å². The van der Waals surface area contributed by atoms with E-state index in [2.05, 4.69) is 0 Å². The summed E-state index contributed by atoms with van der Waals surface area (Å²) in [5.41, 5.74) is -1.68. The molecule has 0 aliphatic carbocycles. The van der Waals surface area contributed by atoms with Crippen molar-refractivity contribution in [3.05, 3.63) is 30.3 Å². The number of rotatable bonds is 7. The summed E-state index contributed by atoms with van der Waals surface area (Å²) in [5.74, 6) is 0.785. The molecule has 0 aliphatic heterocycles. The van der Waals surface area contributed by atoms with Crippen LogP contribution in [0.3, 0.4) is 0 Å². The predicted octanol–water partition coefficient (Wildman–Crippen LogP) is 0.970. The zero-order valence-electron chi connectivity index (χ0n) is 13.7. The third kappa shape index (κ3) is 8.36. The van der Waals surface area contributed by atoms with Gasteiger partial charge in [0.1, 0.15) is 18.0 Å². The maximum Gasteiger partial charge on any atom is 0.631 e. The van der Waals surface area contributed by atoms with E-state index in [4.69, 9.17) is 24.5 Å². The van der Waals surface area contributed by atoms with E-state index in [0.29, 0.717) is 13.2 Å². The van der Waals surface area contributed by atoms with Crippen LogP contribution in [0.25, 0.3) is 0 Å². The summed E-state index contributed by atoms with van der Waals surface area (Å²) in [4.78, 5) is 0. The molecule has 0 spiro atoms. The molecule has 0 amide bonds. The van der Waals surface area contributed by atoms with Gasteiger partial charge in [0.15, 0.2) is 0 Å².